The second-order valence-electron chi connectivity index (χ2n) is 2.46. The van der Waals surface area contributed by atoms with Crippen LogP contribution in [0, 0.1) is 6.33 Å². The smallest absolute Gasteiger partial charge is 0.216 e. The van der Waals surface area contributed by atoms with Gasteiger partial charge in [-0.25, -0.2) is 15.0 Å². The lowest BCUT2D eigenvalue weighted by Gasteiger charge is -2.00. The van der Waals surface area contributed by atoms with Crippen molar-refractivity contribution in [3.05, 3.63) is 30.9 Å². The van der Waals surface area contributed by atoms with Gasteiger partial charge in [-0.15, -0.1) is 0 Å². The second kappa shape index (κ2) is 3.78. The van der Waals surface area contributed by atoms with E-state index in [9.17, 15) is 0 Å². The zero-order valence-corrected chi connectivity index (χ0v) is 7.51. The van der Waals surface area contributed by atoms with E-state index in [-0.39, 0.29) is 0 Å². The first-order chi connectivity index (χ1) is 6.90. The number of rotatable bonds is 2. The fourth-order valence-corrected chi connectivity index (χ4v) is 0.965. The Morgan fingerprint density at radius 1 is 1.29 bits per heavy atom. The highest BCUT2D eigenvalue weighted by Crippen LogP contribution is 2.12. The number of hydrogen-bond donors (Lipinski definition) is 0. The molecule has 0 bridgehead atoms. The highest BCUT2D eigenvalue weighted by molar-refractivity contribution is 5.47. The lowest BCUT2D eigenvalue weighted by Crippen LogP contribution is -1.94. The summed E-state index contributed by atoms with van der Waals surface area (Å²) in [5.41, 5.74) is 0.624. The summed E-state index contributed by atoms with van der Waals surface area (Å²) in [5, 5.41) is 0. The minimum Gasteiger partial charge on any atom is -0.481 e. The van der Waals surface area contributed by atoms with Crippen molar-refractivity contribution >= 4 is 0 Å². The Morgan fingerprint density at radius 3 is 2.93 bits per heavy atom. The average Bonchev–Trinajstić information content (AvgIpc) is 2.30. The minimum atomic E-state index is 0.503. The zero-order valence-electron chi connectivity index (χ0n) is 7.51. The van der Waals surface area contributed by atoms with Crippen LogP contribution in [0.4, 0.5) is 0 Å². The minimum absolute atomic E-state index is 0.503. The third kappa shape index (κ3) is 1.66. The number of ether oxygens (including phenoxy) is 1. The summed E-state index contributed by atoms with van der Waals surface area (Å²) in [4.78, 5) is 15.8. The summed E-state index contributed by atoms with van der Waals surface area (Å²) in [5.74, 6) is 1.01. The van der Waals surface area contributed by atoms with Gasteiger partial charge >= 0.3 is 0 Å². The molecule has 69 valence electrons. The number of hydrogen-bond acceptors (Lipinski definition) is 5. The topological polar surface area (TPSA) is 60.8 Å². The van der Waals surface area contributed by atoms with E-state index in [1.54, 1.807) is 31.6 Å². The van der Waals surface area contributed by atoms with Gasteiger partial charge in [0.1, 0.15) is 5.69 Å². The molecule has 14 heavy (non-hydrogen) atoms. The molecule has 0 spiro atoms. The highest BCUT2D eigenvalue weighted by atomic mass is 16.5. The summed E-state index contributed by atoms with van der Waals surface area (Å²) < 4.78 is 4.97. The van der Waals surface area contributed by atoms with Crippen LogP contribution in [0.2, 0.25) is 0 Å². The largest absolute Gasteiger partial charge is 0.481 e. The maximum Gasteiger partial charge on any atom is 0.216 e. The molecule has 0 saturated carbocycles. The lowest BCUT2D eigenvalue weighted by atomic mass is 10.4. The van der Waals surface area contributed by atoms with E-state index >= 15 is 0 Å². The summed E-state index contributed by atoms with van der Waals surface area (Å²) in [6, 6.07) is 3.39. The molecule has 0 unspecified atom stereocenters. The predicted octanol–water partition coefficient (Wildman–Crippen LogP) is 0.742. The van der Waals surface area contributed by atoms with Crippen molar-refractivity contribution < 1.29 is 4.74 Å². The van der Waals surface area contributed by atoms with E-state index in [1.807, 2.05) is 0 Å². The van der Waals surface area contributed by atoms with Gasteiger partial charge in [0.2, 0.25) is 5.88 Å². The maximum absolute atomic E-state index is 4.97. The summed E-state index contributed by atoms with van der Waals surface area (Å²) in [6.07, 6.45) is 5.68. The first-order valence-electron chi connectivity index (χ1n) is 3.96. The van der Waals surface area contributed by atoms with Gasteiger partial charge in [0.15, 0.2) is 12.2 Å². The van der Waals surface area contributed by atoms with Gasteiger partial charge in [-0.05, 0) is 6.07 Å². The molecule has 0 amide bonds. The zero-order chi connectivity index (χ0) is 9.80. The molecule has 2 aromatic heterocycles. The standard InChI is InChI=1S/C9H7N4O/c1-14-8-3-5-11-9(13-8)7-2-4-10-6-12-7/h2-5H,1H3. The summed E-state index contributed by atoms with van der Waals surface area (Å²) in [7, 11) is 1.55. The molecule has 0 fully saturated rings. The quantitative estimate of drug-likeness (QED) is 0.694. The van der Waals surface area contributed by atoms with Gasteiger partial charge in [-0.1, -0.05) is 0 Å². The van der Waals surface area contributed by atoms with E-state index in [4.69, 9.17) is 4.74 Å². The first kappa shape index (κ1) is 8.55. The fourth-order valence-electron chi connectivity index (χ4n) is 0.965. The van der Waals surface area contributed by atoms with Crippen molar-refractivity contribution in [2.24, 2.45) is 0 Å². The van der Waals surface area contributed by atoms with Crippen molar-refractivity contribution in [1.29, 1.82) is 0 Å². The van der Waals surface area contributed by atoms with Crippen LogP contribution < -0.4 is 4.74 Å². The van der Waals surface area contributed by atoms with Crippen molar-refractivity contribution in [2.45, 2.75) is 0 Å². The van der Waals surface area contributed by atoms with Gasteiger partial charge in [-0.3, -0.25) is 0 Å². The molecule has 5 heteroatoms. The fraction of sp³-hybridized carbons (Fsp3) is 0.111. The Bertz CT molecular complexity index is 418. The van der Waals surface area contributed by atoms with Crippen molar-refractivity contribution in [2.75, 3.05) is 7.11 Å². The molecule has 2 heterocycles. The predicted molar refractivity (Wildman–Crippen MR) is 48.4 cm³/mol. The summed E-state index contributed by atoms with van der Waals surface area (Å²) >= 11 is 0. The normalized spacial score (nSPS) is 9.79. The van der Waals surface area contributed by atoms with Gasteiger partial charge in [-0.2, -0.15) is 4.98 Å². The third-order valence-electron chi connectivity index (χ3n) is 1.60. The number of nitrogens with zero attached hydrogens (tertiary/aromatic N) is 4. The van der Waals surface area contributed by atoms with Crippen LogP contribution in [-0.2, 0) is 0 Å². The summed E-state index contributed by atoms with van der Waals surface area (Å²) in [6.45, 7) is 0. The van der Waals surface area contributed by atoms with Crippen LogP contribution in [0.15, 0.2) is 24.5 Å². The van der Waals surface area contributed by atoms with Crippen molar-refractivity contribution in [3.63, 3.8) is 0 Å². The van der Waals surface area contributed by atoms with Crippen LogP contribution in [0.1, 0.15) is 0 Å². The Balaban J connectivity index is 2.42. The van der Waals surface area contributed by atoms with E-state index in [0.29, 0.717) is 17.4 Å². The van der Waals surface area contributed by atoms with Gasteiger partial charge in [0.05, 0.1) is 7.11 Å². The van der Waals surface area contributed by atoms with Gasteiger partial charge in [0.25, 0.3) is 0 Å². The van der Waals surface area contributed by atoms with E-state index < -0.39 is 0 Å². The molecule has 0 aliphatic carbocycles. The molecular formula is C9H7N4O. The first-order valence-corrected chi connectivity index (χ1v) is 3.96. The second-order valence-corrected chi connectivity index (χ2v) is 2.46. The molecule has 0 saturated heterocycles. The molecule has 1 radical (unpaired) electrons. The molecular weight excluding hydrogens is 180 g/mol. The molecule has 0 aliphatic rings. The van der Waals surface area contributed by atoms with Gasteiger partial charge in [0, 0.05) is 18.5 Å². The molecule has 0 aliphatic heterocycles. The molecule has 0 aromatic carbocycles. The molecule has 2 rings (SSSR count). The van der Waals surface area contributed by atoms with Crippen LogP contribution >= 0.6 is 0 Å². The van der Waals surface area contributed by atoms with E-state index in [2.05, 4.69) is 26.3 Å². The maximum atomic E-state index is 4.97. The monoisotopic (exact) mass is 187 g/mol. The van der Waals surface area contributed by atoms with Gasteiger partial charge < -0.3 is 4.74 Å². The van der Waals surface area contributed by atoms with Crippen molar-refractivity contribution in [3.8, 4) is 17.4 Å². The number of methoxy groups -OCH3 is 1. The molecule has 0 N–H and O–H groups in total. The van der Waals surface area contributed by atoms with Crippen LogP contribution in [0.25, 0.3) is 11.5 Å². The Morgan fingerprint density at radius 2 is 2.21 bits per heavy atom. The highest BCUT2D eigenvalue weighted by Gasteiger charge is 2.02. The Hall–Kier alpha value is -2.04. The molecule has 5 nitrogen and oxygen atoms in total. The Labute approximate surface area is 80.8 Å². The lowest BCUT2D eigenvalue weighted by molar-refractivity contribution is 0.397. The van der Waals surface area contributed by atoms with Crippen LogP contribution in [0.3, 0.4) is 0 Å². The SMILES string of the molecule is COc1ccnc(-c2ccn[c]n2)n1. The van der Waals surface area contributed by atoms with E-state index in [0.717, 1.165) is 0 Å². The van der Waals surface area contributed by atoms with Crippen molar-refractivity contribution in [1.82, 2.24) is 19.9 Å². The third-order valence-corrected chi connectivity index (χ3v) is 1.60. The molecule has 0 atom stereocenters. The average molecular weight is 187 g/mol. The molecule has 2 aromatic rings. The van der Waals surface area contributed by atoms with Crippen LogP contribution in [-0.4, -0.2) is 27.0 Å². The van der Waals surface area contributed by atoms with E-state index in [1.165, 1.54) is 0 Å². The number of aromatic nitrogens is 4. The van der Waals surface area contributed by atoms with Crippen LogP contribution in [0.5, 0.6) is 5.88 Å². The Kier molecular flexibility index (Phi) is 2.31.